The SMILES string of the molecule is CC1CN(C(=O)c2cccc(C(N)=O)c2)CC1C(=O)O. The van der Waals surface area contributed by atoms with E-state index in [1.54, 1.807) is 12.1 Å². The van der Waals surface area contributed by atoms with E-state index in [1.165, 1.54) is 17.0 Å². The van der Waals surface area contributed by atoms with Crippen LogP contribution < -0.4 is 5.73 Å². The zero-order chi connectivity index (χ0) is 14.9. The minimum atomic E-state index is -0.890. The van der Waals surface area contributed by atoms with E-state index < -0.39 is 17.8 Å². The molecule has 2 rings (SSSR count). The lowest BCUT2D eigenvalue weighted by Crippen LogP contribution is -2.30. The van der Waals surface area contributed by atoms with Crippen LogP contribution in [0.5, 0.6) is 0 Å². The Hall–Kier alpha value is -2.37. The minimum Gasteiger partial charge on any atom is -0.481 e. The predicted molar refractivity (Wildman–Crippen MR) is 71.2 cm³/mol. The maximum atomic E-state index is 12.3. The summed E-state index contributed by atoms with van der Waals surface area (Å²) in [6.45, 7) is 2.40. The number of hydrogen-bond donors (Lipinski definition) is 2. The topological polar surface area (TPSA) is 101 Å². The van der Waals surface area contributed by atoms with Crippen molar-refractivity contribution >= 4 is 17.8 Å². The fourth-order valence-electron chi connectivity index (χ4n) is 2.44. The molecule has 106 valence electrons. The number of amides is 2. The lowest BCUT2D eigenvalue weighted by molar-refractivity contribution is -0.142. The molecule has 0 aromatic heterocycles. The summed E-state index contributed by atoms with van der Waals surface area (Å²) in [7, 11) is 0. The maximum Gasteiger partial charge on any atom is 0.308 e. The van der Waals surface area contributed by atoms with Crippen LogP contribution in [0.4, 0.5) is 0 Å². The van der Waals surface area contributed by atoms with Gasteiger partial charge in [0.15, 0.2) is 0 Å². The molecule has 1 aromatic rings. The molecule has 0 bridgehead atoms. The molecule has 0 spiro atoms. The molecule has 2 amide bonds. The van der Waals surface area contributed by atoms with E-state index in [9.17, 15) is 14.4 Å². The molecular formula is C14H16N2O4. The zero-order valence-corrected chi connectivity index (χ0v) is 11.1. The van der Waals surface area contributed by atoms with Crippen LogP contribution in [-0.2, 0) is 4.79 Å². The summed E-state index contributed by atoms with van der Waals surface area (Å²) in [6.07, 6.45) is 0. The summed E-state index contributed by atoms with van der Waals surface area (Å²) >= 11 is 0. The van der Waals surface area contributed by atoms with Crippen LogP contribution in [0.2, 0.25) is 0 Å². The van der Waals surface area contributed by atoms with E-state index in [1.807, 2.05) is 6.92 Å². The summed E-state index contributed by atoms with van der Waals surface area (Å²) in [4.78, 5) is 36.0. The number of carboxylic acid groups (broad SMARTS) is 1. The first-order valence-electron chi connectivity index (χ1n) is 6.32. The van der Waals surface area contributed by atoms with Gasteiger partial charge in [-0.1, -0.05) is 13.0 Å². The van der Waals surface area contributed by atoms with Crippen molar-refractivity contribution in [1.29, 1.82) is 0 Å². The van der Waals surface area contributed by atoms with E-state index in [4.69, 9.17) is 10.8 Å². The number of aliphatic carboxylic acids is 1. The highest BCUT2D eigenvalue weighted by Gasteiger charge is 2.37. The Morgan fingerprint density at radius 3 is 2.45 bits per heavy atom. The van der Waals surface area contributed by atoms with Gasteiger partial charge >= 0.3 is 5.97 Å². The Morgan fingerprint density at radius 1 is 1.25 bits per heavy atom. The number of hydrogen-bond acceptors (Lipinski definition) is 3. The first-order valence-corrected chi connectivity index (χ1v) is 6.32. The molecule has 2 atom stereocenters. The number of benzene rings is 1. The Balaban J connectivity index is 2.18. The number of likely N-dealkylation sites (tertiary alicyclic amines) is 1. The smallest absolute Gasteiger partial charge is 0.308 e. The van der Waals surface area contributed by atoms with E-state index in [2.05, 4.69) is 0 Å². The monoisotopic (exact) mass is 276 g/mol. The van der Waals surface area contributed by atoms with Gasteiger partial charge in [-0.25, -0.2) is 0 Å². The minimum absolute atomic E-state index is 0.0872. The van der Waals surface area contributed by atoms with Crippen LogP contribution in [0.3, 0.4) is 0 Å². The number of nitrogens with two attached hydrogens (primary N) is 1. The normalized spacial score (nSPS) is 21.8. The van der Waals surface area contributed by atoms with Crippen molar-refractivity contribution in [3.8, 4) is 0 Å². The molecule has 2 unspecified atom stereocenters. The van der Waals surface area contributed by atoms with Gasteiger partial charge in [0.25, 0.3) is 5.91 Å². The van der Waals surface area contributed by atoms with E-state index in [0.717, 1.165) is 0 Å². The molecule has 1 fully saturated rings. The third-order valence-electron chi connectivity index (χ3n) is 3.61. The maximum absolute atomic E-state index is 12.3. The van der Waals surface area contributed by atoms with Crippen molar-refractivity contribution < 1.29 is 19.5 Å². The van der Waals surface area contributed by atoms with Crippen molar-refractivity contribution in [3.05, 3.63) is 35.4 Å². The number of nitrogens with zero attached hydrogens (tertiary/aromatic N) is 1. The molecular weight excluding hydrogens is 260 g/mol. The van der Waals surface area contributed by atoms with Crippen LogP contribution in [0.25, 0.3) is 0 Å². The highest BCUT2D eigenvalue weighted by atomic mass is 16.4. The lowest BCUT2D eigenvalue weighted by Gasteiger charge is -2.16. The summed E-state index contributed by atoms with van der Waals surface area (Å²) in [5.74, 6) is -2.39. The summed E-state index contributed by atoms with van der Waals surface area (Å²) in [5.41, 5.74) is 5.79. The number of carbonyl (C=O) groups is 3. The van der Waals surface area contributed by atoms with Crippen molar-refractivity contribution in [2.45, 2.75) is 6.92 Å². The lowest BCUT2D eigenvalue weighted by atomic mass is 9.99. The third kappa shape index (κ3) is 2.64. The Morgan fingerprint density at radius 2 is 1.90 bits per heavy atom. The fourth-order valence-corrected chi connectivity index (χ4v) is 2.44. The van der Waals surface area contributed by atoms with Gasteiger partial charge in [-0.05, 0) is 24.1 Å². The largest absolute Gasteiger partial charge is 0.481 e. The Kier molecular flexibility index (Phi) is 3.74. The molecule has 20 heavy (non-hydrogen) atoms. The van der Waals surface area contributed by atoms with Gasteiger partial charge in [0.05, 0.1) is 5.92 Å². The summed E-state index contributed by atoms with van der Waals surface area (Å²) in [6, 6.07) is 6.14. The Bertz CT molecular complexity index is 570. The van der Waals surface area contributed by atoms with Crippen molar-refractivity contribution in [1.82, 2.24) is 4.90 Å². The van der Waals surface area contributed by atoms with Gasteiger partial charge in [0.2, 0.25) is 5.91 Å². The molecule has 1 aromatic carbocycles. The number of primary amides is 1. The van der Waals surface area contributed by atoms with Crippen LogP contribution in [0, 0.1) is 11.8 Å². The van der Waals surface area contributed by atoms with Gasteiger partial charge in [-0.2, -0.15) is 0 Å². The predicted octanol–water partition coefficient (Wildman–Crippen LogP) is 0.578. The molecule has 0 saturated carbocycles. The molecule has 6 heteroatoms. The molecule has 3 N–H and O–H groups in total. The van der Waals surface area contributed by atoms with Gasteiger partial charge < -0.3 is 15.7 Å². The van der Waals surface area contributed by atoms with Gasteiger partial charge in [-0.15, -0.1) is 0 Å². The van der Waals surface area contributed by atoms with Crippen LogP contribution >= 0.6 is 0 Å². The quantitative estimate of drug-likeness (QED) is 0.843. The van der Waals surface area contributed by atoms with E-state index >= 15 is 0 Å². The highest BCUT2D eigenvalue weighted by Crippen LogP contribution is 2.24. The van der Waals surface area contributed by atoms with Crippen molar-refractivity contribution in [3.63, 3.8) is 0 Å². The second kappa shape index (κ2) is 5.32. The molecule has 1 saturated heterocycles. The third-order valence-corrected chi connectivity index (χ3v) is 3.61. The number of carbonyl (C=O) groups excluding carboxylic acids is 2. The van der Waals surface area contributed by atoms with Crippen LogP contribution in [0.1, 0.15) is 27.6 Å². The summed E-state index contributed by atoms with van der Waals surface area (Å²) < 4.78 is 0. The molecule has 0 aliphatic carbocycles. The average molecular weight is 276 g/mol. The van der Waals surface area contributed by atoms with Crippen LogP contribution in [-0.4, -0.2) is 40.9 Å². The highest BCUT2D eigenvalue weighted by molar-refractivity contribution is 5.99. The fraction of sp³-hybridized carbons (Fsp3) is 0.357. The first kappa shape index (κ1) is 14.0. The average Bonchev–Trinajstić information content (AvgIpc) is 2.80. The zero-order valence-electron chi connectivity index (χ0n) is 11.1. The molecule has 1 aliphatic rings. The number of carboxylic acids is 1. The van der Waals surface area contributed by atoms with E-state index in [-0.39, 0.29) is 23.9 Å². The summed E-state index contributed by atoms with van der Waals surface area (Å²) in [5, 5.41) is 9.07. The molecule has 0 radical (unpaired) electrons. The van der Waals surface area contributed by atoms with Crippen molar-refractivity contribution in [2.75, 3.05) is 13.1 Å². The Labute approximate surface area is 116 Å². The first-order chi connectivity index (χ1) is 9.40. The van der Waals surface area contributed by atoms with Crippen LogP contribution in [0.15, 0.2) is 24.3 Å². The standard InChI is InChI=1S/C14H16N2O4/c1-8-6-16(7-11(8)14(19)20)13(18)10-4-2-3-9(5-10)12(15)17/h2-5,8,11H,6-7H2,1H3,(H2,15,17)(H,19,20). The molecule has 1 heterocycles. The van der Waals surface area contributed by atoms with E-state index in [0.29, 0.717) is 12.1 Å². The van der Waals surface area contributed by atoms with Gasteiger partial charge in [0, 0.05) is 24.2 Å². The van der Waals surface area contributed by atoms with Gasteiger partial charge in [-0.3, -0.25) is 14.4 Å². The van der Waals surface area contributed by atoms with Crippen molar-refractivity contribution in [2.24, 2.45) is 17.6 Å². The second-order valence-corrected chi connectivity index (χ2v) is 5.08. The molecule has 6 nitrogen and oxygen atoms in total. The second-order valence-electron chi connectivity index (χ2n) is 5.08. The number of rotatable bonds is 3. The van der Waals surface area contributed by atoms with Gasteiger partial charge in [0.1, 0.15) is 0 Å². The molecule has 1 aliphatic heterocycles.